The van der Waals surface area contributed by atoms with Gasteiger partial charge in [-0.1, -0.05) is 66.7 Å². The molecular weight excluding hydrogens is 398 g/mol. The Labute approximate surface area is 184 Å². The quantitative estimate of drug-likeness (QED) is 0.383. The fourth-order valence-corrected chi connectivity index (χ4v) is 3.61. The van der Waals surface area contributed by atoms with Crippen LogP contribution in [0.1, 0.15) is 20.7 Å². The number of carbonyl (C=O) groups excluding carboxylic acids is 2. The van der Waals surface area contributed by atoms with E-state index < -0.39 is 0 Å². The largest absolute Gasteiger partial charge is 0.306 e. The van der Waals surface area contributed by atoms with E-state index in [9.17, 15) is 9.59 Å². The zero-order chi connectivity index (χ0) is 21.9. The zero-order valence-corrected chi connectivity index (χ0v) is 17.1. The van der Waals surface area contributed by atoms with Crippen molar-refractivity contribution in [2.75, 3.05) is 10.6 Å². The van der Waals surface area contributed by atoms with Crippen molar-refractivity contribution < 1.29 is 9.59 Å². The third-order valence-corrected chi connectivity index (χ3v) is 5.26. The van der Waals surface area contributed by atoms with Gasteiger partial charge in [-0.05, 0) is 57.9 Å². The molecule has 1 heterocycles. The van der Waals surface area contributed by atoms with Gasteiger partial charge in [0.1, 0.15) is 11.6 Å². The monoisotopic (exact) mass is 417 g/mol. The minimum Gasteiger partial charge on any atom is -0.306 e. The van der Waals surface area contributed by atoms with E-state index in [1.807, 2.05) is 72.8 Å². The Hall–Kier alpha value is -4.51. The Morgan fingerprint density at radius 1 is 0.500 bits per heavy atom. The standard InChI is InChI=1S/C27H19N3O2/c31-26(22-14-12-18-6-1-3-8-20(18)16-22)29-24-10-5-11-25(28-24)30-27(32)23-15-13-19-7-2-4-9-21(19)17-23/h1-17H,(H2,28,29,30,31,32). The van der Waals surface area contributed by atoms with E-state index in [1.54, 1.807) is 30.3 Å². The predicted octanol–water partition coefficient (Wildman–Crippen LogP) is 5.89. The molecule has 0 aliphatic carbocycles. The first-order valence-electron chi connectivity index (χ1n) is 10.2. The summed E-state index contributed by atoms with van der Waals surface area (Å²) in [6, 6.07) is 31.9. The normalized spacial score (nSPS) is 10.8. The van der Waals surface area contributed by atoms with Crippen molar-refractivity contribution in [2.45, 2.75) is 0 Å². The molecule has 0 saturated heterocycles. The third kappa shape index (κ3) is 4.04. The number of anilines is 2. The summed E-state index contributed by atoms with van der Waals surface area (Å²) in [6.45, 7) is 0. The fraction of sp³-hybridized carbons (Fsp3) is 0. The minimum atomic E-state index is -0.263. The van der Waals surface area contributed by atoms with Gasteiger partial charge in [0.25, 0.3) is 11.8 Å². The van der Waals surface area contributed by atoms with Crippen molar-refractivity contribution in [1.29, 1.82) is 0 Å². The van der Waals surface area contributed by atoms with Crippen molar-refractivity contribution >= 4 is 45.0 Å². The average Bonchev–Trinajstić information content (AvgIpc) is 2.83. The number of benzene rings is 4. The van der Waals surface area contributed by atoms with Crippen LogP contribution in [-0.4, -0.2) is 16.8 Å². The summed E-state index contributed by atoms with van der Waals surface area (Å²) in [6.07, 6.45) is 0. The molecule has 0 saturated carbocycles. The molecule has 32 heavy (non-hydrogen) atoms. The van der Waals surface area contributed by atoms with Gasteiger partial charge in [0.15, 0.2) is 0 Å². The van der Waals surface area contributed by atoms with E-state index in [2.05, 4.69) is 15.6 Å². The minimum absolute atomic E-state index is 0.263. The van der Waals surface area contributed by atoms with Gasteiger partial charge in [-0.2, -0.15) is 0 Å². The topological polar surface area (TPSA) is 71.1 Å². The van der Waals surface area contributed by atoms with Crippen LogP contribution in [0.25, 0.3) is 21.5 Å². The molecule has 1 aromatic heterocycles. The number of hydrogen-bond acceptors (Lipinski definition) is 3. The maximum absolute atomic E-state index is 12.7. The molecule has 5 aromatic rings. The number of fused-ring (bicyclic) bond motifs is 2. The van der Waals surface area contributed by atoms with Gasteiger partial charge in [0.05, 0.1) is 0 Å². The number of nitrogens with zero attached hydrogens (tertiary/aromatic N) is 1. The van der Waals surface area contributed by atoms with Gasteiger partial charge < -0.3 is 10.6 Å². The molecule has 0 atom stereocenters. The third-order valence-electron chi connectivity index (χ3n) is 5.26. The highest BCUT2D eigenvalue weighted by Gasteiger charge is 2.11. The molecule has 5 rings (SSSR count). The smallest absolute Gasteiger partial charge is 0.256 e. The van der Waals surface area contributed by atoms with Crippen molar-refractivity contribution in [1.82, 2.24) is 4.98 Å². The van der Waals surface area contributed by atoms with Gasteiger partial charge in [-0.25, -0.2) is 4.98 Å². The summed E-state index contributed by atoms with van der Waals surface area (Å²) in [7, 11) is 0. The molecule has 2 amide bonds. The Morgan fingerprint density at radius 3 is 1.41 bits per heavy atom. The molecule has 0 fully saturated rings. The van der Waals surface area contributed by atoms with E-state index in [0.717, 1.165) is 21.5 Å². The summed E-state index contributed by atoms with van der Waals surface area (Å²) in [5.41, 5.74) is 1.08. The maximum Gasteiger partial charge on any atom is 0.256 e. The van der Waals surface area contributed by atoms with Gasteiger partial charge >= 0.3 is 0 Å². The first-order valence-corrected chi connectivity index (χ1v) is 10.2. The average molecular weight is 417 g/mol. The highest BCUT2D eigenvalue weighted by Crippen LogP contribution is 2.19. The SMILES string of the molecule is O=C(Nc1cccc(NC(=O)c2ccc3ccccc3c2)n1)c1ccc2ccccc2c1. The maximum atomic E-state index is 12.7. The first-order chi connectivity index (χ1) is 15.7. The highest BCUT2D eigenvalue weighted by atomic mass is 16.2. The lowest BCUT2D eigenvalue weighted by Crippen LogP contribution is -2.15. The molecule has 4 aromatic carbocycles. The molecule has 0 radical (unpaired) electrons. The van der Waals surface area contributed by atoms with Crippen LogP contribution in [0, 0.1) is 0 Å². The molecule has 0 bridgehead atoms. The molecule has 5 heteroatoms. The van der Waals surface area contributed by atoms with Gasteiger partial charge in [-0.15, -0.1) is 0 Å². The highest BCUT2D eigenvalue weighted by molar-refractivity contribution is 6.07. The van der Waals surface area contributed by atoms with Gasteiger partial charge in [-0.3, -0.25) is 9.59 Å². The number of amides is 2. The van der Waals surface area contributed by atoms with Crippen LogP contribution in [0.5, 0.6) is 0 Å². The van der Waals surface area contributed by atoms with Crippen LogP contribution in [-0.2, 0) is 0 Å². The van der Waals surface area contributed by atoms with Crippen molar-refractivity contribution in [3.8, 4) is 0 Å². The van der Waals surface area contributed by atoms with E-state index in [-0.39, 0.29) is 11.8 Å². The Balaban J connectivity index is 1.32. The second-order valence-electron chi connectivity index (χ2n) is 7.44. The van der Waals surface area contributed by atoms with Crippen LogP contribution in [0.2, 0.25) is 0 Å². The Kier molecular flexibility index (Phi) is 5.06. The van der Waals surface area contributed by atoms with E-state index >= 15 is 0 Å². The molecule has 5 nitrogen and oxygen atoms in total. The van der Waals surface area contributed by atoms with E-state index in [1.165, 1.54) is 0 Å². The molecule has 0 spiro atoms. The first kappa shape index (κ1) is 19.5. The number of aromatic nitrogens is 1. The van der Waals surface area contributed by atoms with E-state index in [4.69, 9.17) is 0 Å². The van der Waals surface area contributed by atoms with Gasteiger partial charge in [0.2, 0.25) is 0 Å². The predicted molar refractivity (Wildman–Crippen MR) is 128 cm³/mol. The number of carbonyl (C=O) groups is 2. The fourth-order valence-electron chi connectivity index (χ4n) is 3.61. The van der Waals surface area contributed by atoms with Crippen molar-refractivity contribution in [2.24, 2.45) is 0 Å². The van der Waals surface area contributed by atoms with Crippen molar-refractivity contribution in [3.05, 3.63) is 114 Å². The molecule has 0 aliphatic rings. The van der Waals surface area contributed by atoms with Crippen LogP contribution in [0.15, 0.2) is 103 Å². The number of nitrogens with one attached hydrogen (secondary N) is 2. The molecule has 154 valence electrons. The summed E-state index contributed by atoms with van der Waals surface area (Å²) >= 11 is 0. The van der Waals surface area contributed by atoms with Crippen molar-refractivity contribution in [3.63, 3.8) is 0 Å². The van der Waals surface area contributed by atoms with Crippen LogP contribution >= 0.6 is 0 Å². The zero-order valence-electron chi connectivity index (χ0n) is 17.1. The number of pyridine rings is 1. The second-order valence-corrected chi connectivity index (χ2v) is 7.44. The van der Waals surface area contributed by atoms with Crippen LogP contribution < -0.4 is 10.6 Å². The summed E-state index contributed by atoms with van der Waals surface area (Å²) in [5, 5.41) is 9.72. The lowest BCUT2D eigenvalue weighted by molar-refractivity contribution is 0.101. The molecule has 0 unspecified atom stereocenters. The summed E-state index contributed by atoms with van der Waals surface area (Å²) in [5.74, 6) is 0.196. The molecule has 2 N–H and O–H groups in total. The number of hydrogen-bond donors (Lipinski definition) is 2. The lowest BCUT2D eigenvalue weighted by atomic mass is 10.1. The van der Waals surface area contributed by atoms with Crippen LogP contribution in [0.4, 0.5) is 11.6 Å². The second kappa shape index (κ2) is 8.32. The molecule has 0 aliphatic heterocycles. The van der Waals surface area contributed by atoms with Gasteiger partial charge in [0, 0.05) is 11.1 Å². The Bertz CT molecular complexity index is 1370. The number of rotatable bonds is 4. The summed E-state index contributed by atoms with van der Waals surface area (Å²) < 4.78 is 0. The Morgan fingerprint density at radius 2 is 0.938 bits per heavy atom. The molecular formula is C27H19N3O2. The van der Waals surface area contributed by atoms with Crippen LogP contribution in [0.3, 0.4) is 0 Å². The summed E-state index contributed by atoms with van der Waals surface area (Å²) in [4.78, 5) is 29.8. The van der Waals surface area contributed by atoms with E-state index in [0.29, 0.717) is 22.8 Å². The lowest BCUT2D eigenvalue weighted by Gasteiger charge is -2.09.